The molecule has 1 atom stereocenters. The van der Waals surface area contributed by atoms with Crippen molar-refractivity contribution in [2.75, 3.05) is 19.6 Å². The molecule has 0 aromatic heterocycles. The quantitative estimate of drug-likeness (QED) is 0.638. The number of nitrogens with two attached hydrogens (primary N) is 1. The first-order chi connectivity index (χ1) is 7.11. The summed E-state index contributed by atoms with van der Waals surface area (Å²) in [6, 6.07) is 0. The minimum Gasteiger partial charge on any atom is -0.369 e. The lowest BCUT2D eigenvalue weighted by Gasteiger charge is -2.24. The van der Waals surface area contributed by atoms with Gasteiger partial charge in [0.25, 0.3) is 0 Å². The van der Waals surface area contributed by atoms with Gasteiger partial charge in [-0.3, -0.25) is 4.79 Å². The van der Waals surface area contributed by atoms with Crippen molar-refractivity contribution in [3.05, 3.63) is 0 Å². The van der Waals surface area contributed by atoms with E-state index in [1.165, 1.54) is 25.7 Å². The number of hydrogen-bond donors (Lipinski definition) is 1. The van der Waals surface area contributed by atoms with Crippen LogP contribution in [0.5, 0.6) is 0 Å². The van der Waals surface area contributed by atoms with E-state index in [-0.39, 0.29) is 11.8 Å². The first kappa shape index (κ1) is 14.4. The average molecular weight is 214 g/mol. The van der Waals surface area contributed by atoms with E-state index in [1.54, 1.807) is 0 Å². The van der Waals surface area contributed by atoms with E-state index in [4.69, 9.17) is 5.73 Å². The Hall–Kier alpha value is -0.570. The minimum absolute atomic E-state index is 0.0290. The van der Waals surface area contributed by atoms with Gasteiger partial charge in [0.05, 0.1) is 0 Å². The summed E-state index contributed by atoms with van der Waals surface area (Å²) >= 11 is 0. The average Bonchev–Trinajstić information content (AvgIpc) is 2.21. The Morgan fingerprint density at radius 1 is 1.20 bits per heavy atom. The summed E-state index contributed by atoms with van der Waals surface area (Å²) in [7, 11) is 0. The summed E-state index contributed by atoms with van der Waals surface area (Å²) in [5.74, 6) is -0.216. The van der Waals surface area contributed by atoms with E-state index < -0.39 is 0 Å². The summed E-state index contributed by atoms with van der Waals surface area (Å²) in [5.41, 5.74) is 5.28. The molecule has 0 aliphatic heterocycles. The molecule has 0 aliphatic rings. The Labute approximate surface area is 94.0 Å². The molecule has 0 radical (unpaired) electrons. The van der Waals surface area contributed by atoms with Crippen LogP contribution in [-0.2, 0) is 4.79 Å². The highest BCUT2D eigenvalue weighted by molar-refractivity contribution is 5.76. The number of unbranched alkanes of at least 4 members (excludes halogenated alkanes) is 2. The van der Waals surface area contributed by atoms with Gasteiger partial charge in [-0.1, -0.05) is 33.6 Å². The number of primary amides is 1. The molecule has 90 valence electrons. The molecule has 0 rings (SSSR count). The highest BCUT2D eigenvalue weighted by Gasteiger charge is 2.13. The van der Waals surface area contributed by atoms with Gasteiger partial charge in [-0.15, -0.1) is 0 Å². The van der Waals surface area contributed by atoms with Crippen molar-refractivity contribution >= 4 is 5.91 Å². The molecule has 15 heavy (non-hydrogen) atoms. The smallest absolute Gasteiger partial charge is 0.221 e. The Kier molecular flexibility index (Phi) is 8.38. The third-order valence-electron chi connectivity index (χ3n) is 2.67. The highest BCUT2D eigenvalue weighted by atomic mass is 16.1. The molecular weight excluding hydrogens is 188 g/mol. The number of nitrogens with zero attached hydrogens (tertiary/aromatic N) is 1. The number of carbonyl (C=O) groups excluding carboxylic acids is 1. The maximum absolute atomic E-state index is 11.0. The van der Waals surface area contributed by atoms with E-state index in [0.29, 0.717) is 0 Å². The number of amides is 1. The zero-order chi connectivity index (χ0) is 11.7. The lowest BCUT2D eigenvalue weighted by Crippen LogP contribution is -2.36. The lowest BCUT2D eigenvalue weighted by atomic mass is 10.1. The standard InChI is InChI=1S/C12H26N2O/c1-4-6-8-14(9-7-5-2)10-11(3)12(13)15/h11H,4-10H2,1-3H3,(H2,13,15). The van der Waals surface area contributed by atoms with Crippen molar-refractivity contribution in [2.24, 2.45) is 11.7 Å². The van der Waals surface area contributed by atoms with Crippen molar-refractivity contribution in [3.63, 3.8) is 0 Å². The van der Waals surface area contributed by atoms with Gasteiger partial charge >= 0.3 is 0 Å². The Bertz CT molecular complexity index is 163. The van der Waals surface area contributed by atoms with Crippen molar-refractivity contribution in [3.8, 4) is 0 Å². The van der Waals surface area contributed by atoms with Gasteiger partial charge in [0.2, 0.25) is 5.91 Å². The van der Waals surface area contributed by atoms with Crippen LogP contribution < -0.4 is 5.73 Å². The topological polar surface area (TPSA) is 46.3 Å². The molecule has 0 spiro atoms. The van der Waals surface area contributed by atoms with Gasteiger partial charge in [0.15, 0.2) is 0 Å². The van der Waals surface area contributed by atoms with Crippen molar-refractivity contribution in [2.45, 2.75) is 46.5 Å². The first-order valence-corrected chi connectivity index (χ1v) is 6.13. The zero-order valence-electron chi connectivity index (χ0n) is 10.5. The van der Waals surface area contributed by atoms with Crippen LogP contribution in [0.3, 0.4) is 0 Å². The van der Waals surface area contributed by atoms with Gasteiger partial charge in [-0.2, -0.15) is 0 Å². The van der Waals surface area contributed by atoms with Crippen LogP contribution in [0.4, 0.5) is 0 Å². The maximum Gasteiger partial charge on any atom is 0.221 e. The normalized spacial score (nSPS) is 13.1. The van der Waals surface area contributed by atoms with Crippen LogP contribution in [0.25, 0.3) is 0 Å². The molecule has 0 aromatic rings. The first-order valence-electron chi connectivity index (χ1n) is 6.13. The lowest BCUT2D eigenvalue weighted by molar-refractivity contribution is -0.121. The molecule has 0 saturated carbocycles. The second-order valence-electron chi connectivity index (χ2n) is 4.31. The summed E-state index contributed by atoms with van der Waals surface area (Å²) in [5, 5.41) is 0. The maximum atomic E-state index is 11.0. The van der Waals surface area contributed by atoms with Crippen LogP contribution in [0, 0.1) is 5.92 Å². The molecule has 0 aliphatic carbocycles. The van der Waals surface area contributed by atoms with Crippen LogP contribution in [0.1, 0.15) is 46.5 Å². The molecule has 0 saturated heterocycles. The molecule has 1 amide bonds. The minimum atomic E-state index is -0.187. The van der Waals surface area contributed by atoms with Crippen LogP contribution in [0.2, 0.25) is 0 Å². The van der Waals surface area contributed by atoms with Crippen molar-refractivity contribution in [1.29, 1.82) is 0 Å². The molecule has 1 unspecified atom stereocenters. The third kappa shape index (κ3) is 7.37. The molecule has 0 bridgehead atoms. The van der Waals surface area contributed by atoms with Gasteiger partial charge < -0.3 is 10.6 Å². The predicted molar refractivity (Wildman–Crippen MR) is 64.6 cm³/mol. The Morgan fingerprint density at radius 3 is 2.00 bits per heavy atom. The molecule has 0 aromatic carbocycles. The number of hydrogen-bond acceptors (Lipinski definition) is 2. The largest absolute Gasteiger partial charge is 0.369 e. The fraction of sp³-hybridized carbons (Fsp3) is 0.917. The predicted octanol–water partition coefficient (Wildman–Crippen LogP) is 2.01. The summed E-state index contributed by atoms with van der Waals surface area (Å²) in [6.45, 7) is 9.29. The fourth-order valence-corrected chi connectivity index (χ4v) is 1.54. The highest BCUT2D eigenvalue weighted by Crippen LogP contribution is 2.04. The van der Waals surface area contributed by atoms with Gasteiger partial charge in [-0.25, -0.2) is 0 Å². The van der Waals surface area contributed by atoms with Crippen LogP contribution in [0.15, 0.2) is 0 Å². The molecule has 2 N–H and O–H groups in total. The van der Waals surface area contributed by atoms with Gasteiger partial charge in [0.1, 0.15) is 0 Å². The number of rotatable bonds is 9. The number of carbonyl (C=O) groups is 1. The van der Waals surface area contributed by atoms with Gasteiger partial charge in [0, 0.05) is 12.5 Å². The Balaban J connectivity index is 3.92. The van der Waals surface area contributed by atoms with E-state index in [9.17, 15) is 4.79 Å². The fourth-order valence-electron chi connectivity index (χ4n) is 1.54. The molecular formula is C12H26N2O. The van der Waals surface area contributed by atoms with E-state index in [0.717, 1.165) is 19.6 Å². The van der Waals surface area contributed by atoms with Crippen molar-refractivity contribution < 1.29 is 4.79 Å². The second-order valence-corrected chi connectivity index (χ2v) is 4.31. The zero-order valence-corrected chi connectivity index (χ0v) is 10.5. The van der Waals surface area contributed by atoms with Crippen LogP contribution >= 0.6 is 0 Å². The monoisotopic (exact) mass is 214 g/mol. The molecule has 0 fully saturated rings. The van der Waals surface area contributed by atoms with E-state index in [1.807, 2.05) is 6.92 Å². The SMILES string of the molecule is CCCCN(CCCC)CC(C)C(N)=O. The van der Waals surface area contributed by atoms with E-state index in [2.05, 4.69) is 18.7 Å². The summed E-state index contributed by atoms with van der Waals surface area (Å²) < 4.78 is 0. The summed E-state index contributed by atoms with van der Waals surface area (Å²) in [4.78, 5) is 13.3. The Morgan fingerprint density at radius 2 is 1.67 bits per heavy atom. The summed E-state index contributed by atoms with van der Waals surface area (Å²) in [6.07, 6.45) is 4.81. The molecule has 3 nitrogen and oxygen atoms in total. The second kappa shape index (κ2) is 8.72. The van der Waals surface area contributed by atoms with Gasteiger partial charge in [-0.05, 0) is 25.9 Å². The van der Waals surface area contributed by atoms with Crippen molar-refractivity contribution in [1.82, 2.24) is 4.90 Å². The molecule has 0 heterocycles. The third-order valence-corrected chi connectivity index (χ3v) is 2.67. The molecule has 3 heteroatoms. The van der Waals surface area contributed by atoms with Crippen LogP contribution in [-0.4, -0.2) is 30.4 Å². The van der Waals surface area contributed by atoms with E-state index >= 15 is 0 Å².